The SMILES string of the molecule is CCNC(=O)c1ccc(NC(=O)CCC(=O)O)cc1O. The van der Waals surface area contributed by atoms with E-state index in [-0.39, 0.29) is 24.2 Å². The van der Waals surface area contributed by atoms with Crippen LogP contribution < -0.4 is 10.6 Å². The number of phenolic OH excluding ortho intramolecular Hbond substituents is 1. The van der Waals surface area contributed by atoms with E-state index in [2.05, 4.69) is 10.6 Å². The standard InChI is InChI=1S/C13H16N2O5/c1-2-14-13(20)9-4-3-8(7-10(9)16)15-11(17)5-6-12(18)19/h3-4,7,16H,2,5-6H2,1H3,(H,14,20)(H,15,17)(H,18,19). The summed E-state index contributed by atoms with van der Waals surface area (Å²) in [6.45, 7) is 2.19. The van der Waals surface area contributed by atoms with Gasteiger partial charge in [0.05, 0.1) is 12.0 Å². The monoisotopic (exact) mass is 280 g/mol. The van der Waals surface area contributed by atoms with Crippen LogP contribution in [0.2, 0.25) is 0 Å². The zero-order chi connectivity index (χ0) is 15.1. The second-order valence-electron chi connectivity index (χ2n) is 4.03. The van der Waals surface area contributed by atoms with Crippen molar-refractivity contribution in [1.82, 2.24) is 5.32 Å². The van der Waals surface area contributed by atoms with E-state index in [1.807, 2.05) is 0 Å². The lowest BCUT2D eigenvalue weighted by Gasteiger charge is -2.08. The molecule has 0 saturated carbocycles. The molecular formula is C13H16N2O5. The Morgan fingerprint density at radius 3 is 2.45 bits per heavy atom. The van der Waals surface area contributed by atoms with Gasteiger partial charge in [-0.3, -0.25) is 14.4 Å². The molecule has 20 heavy (non-hydrogen) atoms. The molecule has 0 aromatic heterocycles. The summed E-state index contributed by atoms with van der Waals surface area (Å²) in [5.74, 6) is -2.20. The maximum Gasteiger partial charge on any atom is 0.303 e. The Bertz CT molecular complexity index is 527. The molecule has 1 aromatic rings. The van der Waals surface area contributed by atoms with Gasteiger partial charge in [0.25, 0.3) is 5.91 Å². The van der Waals surface area contributed by atoms with Crippen molar-refractivity contribution in [2.75, 3.05) is 11.9 Å². The topological polar surface area (TPSA) is 116 Å². The number of carbonyl (C=O) groups is 3. The molecule has 1 aromatic carbocycles. The van der Waals surface area contributed by atoms with E-state index >= 15 is 0 Å². The molecule has 108 valence electrons. The van der Waals surface area contributed by atoms with Crippen LogP contribution in [-0.4, -0.2) is 34.5 Å². The van der Waals surface area contributed by atoms with Crippen LogP contribution >= 0.6 is 0 Å². The molecule has 0 fully saturated rings. The van der Waals surface area contributed by atoms with Crippen molar-refractivity contribution < 1.29 is 24.6 Å². The van der Waals surface area contributed by atoms with Gasteiger partial charge in [-0.1, -0.05) is 0 Å². The summed E-state index contributed by atoms with van der Waals surface area (Å²) in [6, 6.07) is 4.08. The van der Waals surface area contributed by atoms with Gasteiger partial charge in [0.2, 0.25) is 5.91 Å². The van der Waals surface area contributed by atoms with Crippen molar-refractivity contribution in [3.05, 3.63) is 23.8 Å². The first-order chi connectivity index (χ1) is 9.43. The van der Waals surface area contributed by atoms with Crippen molar-refractivity contribution >= 4 is 23.5 Å². The highest BCUT2D eigenvalue weighted by Crippen LogP contribution is 2.22. The molecule has 1 rings (SSSR count). The molecule has 0 unspecified atom stereocenters. The second kappa shape index (κ2) is 7.13. The highest BCUT2D eigenvalue weighted by Gasteiger charge is 2.12. The number of carboxylic acid groups (broad SMARTS) is 1. The Morgan fingerprint density at radius 2 is 1.90 bits per heavy atom. The molecule has 0 heterocycles. The van der Waals surface area contributed by atoms with E-state index in [1.54, 1.807) is 6.92 Å². The smallest absolute Gasteiger partial charge is 0.303 e. The number of hydrogen-bond acceptors (Lipinski definition) is 4. The first kappa shape index (κ1) is 15.5. The van der Waals surface area contributed by atoms with Crippen molar-refractivity contribution in [3.63, 3.8) is 0 Å². The van der Waals surface area contributed by atoms with Crippen LogP contribution in [0.15, 0.2) is 18.2 Å². The number of carbonyl (C=O) groups excluding carboxylic acids is 2. The van der Waals surface area contributed by atoms with Crippen LogP contribution in [0.3, 0.4) is 0 Å². The molecule has 4 N–H and O–H groups in total. The third-order valence-electron chi connectivity index (χ3n) is 2.43. The molecule has 0 spiro atoms. The fraction of sp³-hybridized carbons (Fsp3) is 0.308. The lowest BCUT2D eigenvalue weighted by molar-refractivity contribution is -0.138. The lowest BCUT2D eigenvalue weighted by Crippen LogP contribution is -2.22. The van der Waals surface area contributed by atoms with Gasteiger partial charge in [0, 0.05) is 24.7 Å². The highest BCUT2D eigenvalue weighted by molar-refractivity contribution is 5.98. The molecule has 0 aliphatic rings. The summed E-state index contributed by atoms with van der Waals surface area (Å²) < 4.78 is 0. The molecule has 0 aliphatic heterocycles. The van der Waals surface area contributed by atoms with Gasteiger partial charge in [-0.15, -0.1) is 0 Å². The van der Waals surface area contributed by atoms with Crippen LogP contribution in [0, 0.1) is 0 Å². The first-order valence-electron chi connectivity index (χ1n) is 6.07. The van der Waals surface area contributed by atoms with Crippen molar-refractivity contribution in [2.24, 2.45) is 0 Å². The van der Waals surface area contributed by atoms with Crippen LogP contribution in [0.4, 0.5) is 5.69 Å². The molecule has 0 bridgehead atoms. The number of carboxylic acids is 1. The van der Waals surface area contributed by atoms with Gasteiger partial charge in [0.1, 0.15) is 5.75 Å². The zero-order valence-corrected chi connectivity index (χ0v) is 11.0. The van der Waals surface area contributed by atoms with Crippen molar-refractivity contribution in [3.8, 4) is 5.75 Å². The summed E-state index contributed by atoms with van der Waals surface area (Å²) in [7, 11) is 0. The molecule has 7 nitrogen and oxygen atoms in total. The molecule has 0 radical (unpaired) electrons. The number of amides is 2. The maximum absolute atomic E-state index is 11.6. The first-order valence-corrected chi connectivity index (χ1v) is 6.07. The van der Waals surface area contributed by atoms with Crippen LogP contribution in [0.5, 0.6) is 5.75 Å². The summed E-state index contributed by atoms with van der Waals surface area (Å²) in [6.07, 6.45) is -0.428. The quantitative estimate of drug-likeness (QED) is 0.619. The van der Waals surface area contributed by atoms with Crippen LogP contribution in [0.25, 0.3) is 0 Å². The van der Waals surface area contributed by atoms with Gasteiger partial charge in [0.15, 0.2) is 0 Å². The van der Waals surface area contributed by atoms with Crippen LogP contribution in [-0.2, 0) is 9.59 Å². The predicted octanol–water partition coefficient (Wildman–Crippen LogP) is 0.945. The number of rotatable bonds is 6. The number of aromatic hydroxyl groups is 1. The molecular weight excluding hydrogens is 264 g/mol. The number of anilines is 1. The Balaban J connectivity index is 2.70. The number of benzene rings is 1. The number of nitrogens with one attached hydrogen (secondary N) is 2. The Kier molecular flexibility index (Phi) is 5.52. The minimum absolute atomic E-state index is 0.107. The van der Waals surface area contributed by atoms with Gasteiger partial charge in [-0.2, -0.15) is 0 Å². The van der Waals surface area contributed by atoms with E-state index in [0.717, 1.165) is 0 Å². The molecule has 0 aliphatic carbocycles. The predicted molar refractivity (Wildman–Crippen MR) is 71.6 cm³/mol. The minimum Gasteiger partial charge on any atom is -0.507 e. The third-order valence-corrected chi connectivity index (χ3v) is 2.43. The van der Waals surface area contributed by atoms with Crippen molar-refractivity contribution in [1.29, 1.82) is 0 Å². The maximum atomic E-state index is 11.6. The summed E-state index contributed by atoms with van der Waals surface area (Å²) in [4.78, 5) is 33.3. The second-order valence-corrected chi connectivity index (χ2v) is 4.03. The zero-order valence-electron chi connectivity index (χ0n) is 11.0. The van der Waals surface area contributed by atoms with Crippen LogP contribution in [0.1, 0.15) is 30.1 Å². The Morgan fingerprint density at radius 1 is 1.20 bits per heavy atom. The molecule has 7 heteroatoms. The van der Waals surface area contributed by atoms with Gasteiger partial charge in [-0.25, -0.2) is 0 Å². The average Bonchev–Trinajstić information content (AvgIpc) is 2.36. The molecule has 0 atom stereocenters. The fourth-order valence-corrected chi connectivity index (χ4v) is 1.50. The van der Waals surface area contributed by atoms with Gasteiger partial charge >= 0.3 is 5.97 Å². The van der Waals surface area contributed by atoms with E-state index in [4.69, 9.17) is 5.11 Å². The summed E-state index contributed by atoms with van der Waals surface area (Å²) >= 11 is 0. The van der Waals surface area contributed by atoms with E-state index < -0.39 is 17.8 Å². The minimum atomic E-state index is -1.06. The fourth-order valence-electron chi connectivity index (χ4n) is 1.50. The Hall–Kier alpha value is -2.57. The largest absolute Gasteiger partial charge is 0.507 e. The number of phenols is 1. The number of hydrogen-bond donors (Lipinski definition) is 4. The lowest BCUT2D eigenvalue weighted by atomic mass is 10.1. The highest BCUT2D eigenvalue weighted by atomic mass is 16.4. The average molecular weight is 280 g/mol. The van der Waals surface area contributed by atoms with E-state index in [9.17, 15) is 19.5 Å². The van der Waals surface area contributed by atoms with Gasteiger partial charge in [-0.05, 0) is 19.1 Å². The third kappa shape index (κ3) is 4.60. The van der Waals surface area contributed by atoms with Crippen molar-refractivity contribution in [2.45, 2.75) is 19.8 Å². The number of aliphatic carboxylic acids is 1. The summed E-state index contributed by atoms with van der Waals surface area (Å²) in [5.41, 5.74) is 0.404. The van der Waals surface area contributed by atoms with Gasteiger partial charge < -0.3 is 20.8 Å². The van der Waals surface area contributed by atoms with E-state index in [0.29, 0.717) is 12.2 Å². The molecule has 2 amide bonds. The van der Waals surface area contributed by atoms with E-state index in [1.165, 1.54) is 18.2 Å². The Labute approximate surface area is 115 Å². The summed E-state index contributed by atoms with van der Waals surface area (Å²) in [5, 5.41) is 23.2. The normalized spacial score (nSPS) is 9.85. The molecule has 0 saturated heterocycles.